The molecular weight excluding hydrogens is 310 g/mol. The van der Waals surface area contributed by atoms with Crippen molar-refractivity contribution in [2.24, 2.45) is 0 Å². The predicted octanol–water partition coefficient (Wildman–Crippen LogP) is 3.22. The first kappa shape index (κ1) is 16.0. The number of benzene rings is 2. The number of carbonyl (C=O) groups is 1. The number of carbonyl (C=O) groups excluding carboxylic acids is 1. The quantitative estimate of drug-likeness (QED) is 0.845. The largest absolute Gasteiger partial charge is 0.494 e. The molecule has 0 saturated heterocycles. The predicted molar refractivity (Wildman–Crippen MR) is 88.9 cm³/mol. The smallest absolute Gasteiger partial charge is 0.262 e. The molecule has 1 heterocycles. The molecule has 6 heteroatoms. The van der Waals surface area contributed by atoms with Gasteiger partial charge in [-0.05, 0) is 42.8 Å². The minimum Gasteiger partial charge on any atom is -0.494 e. The molecule has 3 rings (SSSR count). The van der Waals surface area contributed by atoms with Crippen molar-refractivity contribution in [2.45, 2.75) is 13.3 Å². The van der Waals surface area contributed by atoms with E-state index >= 15 is 0 Å². The zero-order valence-corrected chi connectivity index (χ0v) is 13.4. The van der Waals surface area contributed by atoms with E-state index in [1.165, 1.54) is 0 Å². The molecule has 0 aliphatic carbocycles. The van der Waals surface area contributed by atoms with E-state index < -0.39 is 0 Å². The Balaban J connectivity index is 1.48. The first-order valence-corrected chi connectivity index (χ1v) is 7.80. The number of fused-ring (bicyclic) bond motifs is 1. The second-order valence-electron chi connectivity index (χ2n) is 5.22. The molecule has 0 aromatic heterocycles. The van der Waals surface area contributed by atoms with Crippen LogP contribution in [0, 0.1) is 0 Å². The van der Waals surface area contributed by atoms with Crippen molar-refractivity contribution < 1.29 is 23.7 Å². The second-order valence-corrected chi connectivity index (χ2v) is 5.22. The normalized spacial score (nSPS) is 11.9. The van der Waals surface area contributed by atoms with E-state index in [4.69, 9.17) is 18.9 Å². The fourth-order valence-electron chi connectivity index (χ4n) is 2.17. The Bertz CT molecular complexity index is 699. The van der Waals surface area contributed by atoms with Crippen LogP contribution >= 0.6 is 0 Å². The van der Waals surface area contributed by atoms with Crippen molar-refractivity contribution in [1.82, 2.24) is 0 Å². The van der Waals surface area contributed by atoms with E-state index in [0.717, 1.165) is 12.2 Å². The van der Waals surface area contributed by atoms with E-state index in [1.54, 1.807) is 30.3 Å². The van der Waals surface area contributed by atoms with Crippen molar-refractivity contribution in [1.29, 1.82) is 0 Å². The number of hydrogen-bond acceptors (Lipinski definition) is 5. The molecule has 1 aliphatic heterocycles. The van der Waals surface area contributed by atoms with Gasteiger partial charge in [0.15, 0.2) is 18.1 Å². The molecule has 1 aliphatic rings. The molecule has 24 heavy (non-hydrogen) atoms. The second kappa shape index (κ2) is 7.59. The molecule has 6 nitrogen and oxygen atoms in total. The number of amides is 1. The third-order valence-electron chi connectivity index (χ3n) is 3.32. The molecule has 0 saturated carbocycles. The summed E-state index contributed by atoms with van der Waals surface area (Å²) in [5, 5.41) is 2.76. The summed E-state index contributed by atoms with van der Waals surface area (Å²) < 4.78 is 21.5. The maximum atomic E-state index is 12.0. The molecule has 0 radical (unpaired) electrons. The van der Waals surface area contributed by atoms with Gasteiger partial charge in [-0.25, -0.2) is 0 Å². The third kappa shape index (κ3) is 4.10. The van der Waals surface area contributed by atoms with Gasteiger partial charge in [-0.1, -0.05) is 6.92 Å². The van der Waals surface area contributed by atoms with Crippen molar-refractivity contribution >= 4 is 11.6 Å². The van der Waals surface area contributed by atoms with Gasteiger partial charge in [0.05, 0.1) is 6.61 Å². The Morgan fingerprint density at radius 3 is 2.50 bits per heavy atom. The monoisotopic (exact) mass is 329 g/mol. The SMILES string of the molecule is CCCOc1ccc(OCC(=O)Nc2ccc3c(c2)OCO3)cc1. The maximum absolute atomic E-state index is 12.0. The molecule has 1 N–H and O–H groups in total. The molecule has 0 fully saturated rings. The lowest BCUT2D eigenvalue weighted by molar-refractivity contribution is -0.118. The summed E-state index contributed by atoms with van der Waals surface area (Å²) in [6.45, 7) is 2.85. The standard InChI is InChI=1S/C18H19NO5/c1-2-9-21-14-4-6-15(7-5-14)22-11-18(20)19-13-3-8-16-17(10-13)24-12-23-16/h3-8,10H,2,9,11-12H2,1H3,(H,19,20). The van der Waals surface area contributed by atoms with Gasteiger partial charge in [-0.2, -0.15) is 0 Å². The molecule has 0 bridgehead atoms. The highest BCUT2D eigenvalue weighted by Gasteiger charge is 2.14. The summed E-state index contributed by atoms with van der Waals surface area (Å²) in [7, 11) is 0. The van der Waals surface area contributed by atoms with E-state index in [2.05, 4.69) is 12.2 Å². The molecule has 2 aromatic carbocycles. The summed E-state index contributed by atoms with van der Waals surface area (Å²) >= 11 is 0. The van der Waals surface area contributed by atoms with Crippen molar-refractivity contribution in [3.8, 4) is 23.0 Å². The fourth-order valence-corrected chi connectivity index (χ4v) is 2.17. The zero-order valence-electron chi connectivity index (χ0n) is 13.4. The Hall–Kier alpha value is -2.89. The van der Waals surface area contributed by atoms with Crippen LogP contribution in [0.15, 0.2) is 42.5 Å². The highest BCUT2D eigenvalue weighted by Crippen LogP contribution is 2.34. The number of rotatable bonds is 7. The lowest BCUT2D eigenvalue weighted by atomic mass is 10.3. The van der Waals surface area contributed by atoms with E-state index in [9.17, 15) is 4.79 Å². The van der Waals surface area contributed by atoms with Crippen LogP contribution in [0.25, 0.3) is 0 Å². The molecule has 2 aromatic rings. The van der Waals surface area contributed by atoms with E-state index in [-0.39, 0.29) is 19.3 Å². The van der Waals surface area contributed by atoms with Crippen molar-refractivity contribution in [3.63, 3.8) is 0 Å². The Morgan fingerprint density at radius 2 is 1.75 bits per heavy atom. The van der Waals surface area contributed by atoms with Gasteiger partial charge in [0.2, 0.25) is 6.79 Å². The fraction of sp³-hybridized carbons (Fsp3) is 0.278. The Labute approximate surface area is 140 Å². The lowest BCUT2D eigenvalue weighted by Gasteiger charge is -2.09. The maximum Gasteiger partial charge on any atom is 0.262 e. The van der Waals surface area contributed by atoms with Crippen LogP contribution in [0.3, 0.4) is 0 Å². The van der Waals surface area contributed by atoms with Crippen LogP contribution in [0.4, 0.5) is 5.69 Å². The van der Waals surface area contributed by atoms with Crippen LogP contribution < -0.4 is 24.3 Å². The summed E-state index contributed by atoms with van der Waals surface area (Å²) in [5.74, 6) is 2.44. The van der Waals surface area contributed by atoms with E-state index in [1.807, 2.05) is 12.1 Å². The van der Waals surface area contributed by atoms with Crippen LogP contribution in [0.2, 0.25) is 0 Å². The molecule has 0 spiro atoms. The van der Waals surface area contributed by atoms with Gasteiger partial charge in [0.25, 0.3) is 5.91 Å². The number of anilines is 1. The van der Waals surface area contributed by atoms with Crippen molar-refractivity contribution in [2.75, 3.05) is 25.3 Å². The Morgan fingerprint density at radius 1 is 1.04 bits per heavy atom. The number of ether oxygens (including phenoxy) is 4. The highest BCUT2D eigenvalue weighted by atomic mass is 16.7. The molecule has 0 unspecified atom stereocenters. The zero-order chi connectivity index (χ0) is 16.8. The van der Waals surface area contributed by atoms with Crippen molar-refractivity contribution in [3.05, 3.63) is 42.5 Å². The lowest BCUT2D eigenvalue weighted by Crippen LogP contribution is -2.20. The molecule has 1 amide bonds. The first-order valence-electron chi connectivity index (χ1n) is 7.80. The first-order chi connectivity index (χ1) is 11.7. The number of hydrogen-bond donors (Lipinski definition) is 1. The summed E-state index contributed by atoms with van der Waals surface area (Å²) in [4.78, 5) is 12.0. The molecule has 0 atom stereocenters. The minimum absolute atomic E-state index is 0.0798. The van der Waals surface area contributed by atoms with Crippen LogP contribution in [-0.2, 0) is 4.79 Å². The average Bonchev–Trinajstić information content (AvgIpc) is 3.07. The van der Waals surface area contributed by atoms with Gasteiger partial charge < -0.3 is 24.3 Å². The van der Waals surface area contributed by atoms with Gasteiger partial charge >= 0.3 is 0 Å². The summed E-state index contributed by atoms with van der Waals surface area (Å²) in [6, 6.07) is 12.4. The average molecular weight is 329 g/mol. The summed E-state index contributed by atoms with van der Waals surface area (Å²) in [6.07, 6.45) is 0.957. The van der Waals surface area contributed by atoms with Crippen LogP contribution in [0.5, 0.6) is 23.0 Å². The van der Waals surface area contributed by atoms with Gasteiger partial charge in [0, 0.05) is 11.8 Å². The van der Waals surface area contributed by atoms with Gasteiger partial charge in [-0.3, -0.25) is 4.79 Å². The van der Waals surface area contributed by atoms with Gasteiger partial charge in [-0.15, -0.1) is 0 Å². The van der Waals surface area contributed by atoms with Crippen LogP contribution in [0.1, 0.15) is 13.3 Å². The minimum atomic E-state index is -0.250. The molecule has 126 valence electrons. The topological polar surface area (TPSA) is 66.0 Å². The van der Waals surface area contributed by atoms with E-state index in [0.29, 0.717) is 29.5 Å². The third-order valence-corrected chi connectivity index (χ3v) is 3.32. The Kier molecular flexibility index (Phi) is 5.05. The molecular formula is C18H19NO5. The van der Waals surface area contributed by atoms with Crippen LogP contribution in [-0.4, -0.2) is 25.9 Å². The van der Waals surface area contributed by atoms with Gasteiger partial charge in [0.1, 0.15) is 11.5 Å². The highest BCUT2D eigenvalue weighted by molar-refractivity contribution is 5.92. The summed E-state index contributed by atoms with van der Waals surface area (Å²) in [5.41, 5.74) is 0.635. The number of nitrogens with one attached hydrogen (secondary N) is 1.